The summed E-state index contributed by atoms with van der Waals surface area (Å²) in [5.41, 5.74) is 10.6. The van der Waals surface area contributed by atoms with Crippen LogP contribution in [0.15, 0.2) is 91.0 Å². The Kier molecular flexibility index (Phi) is 7.89. The average molecular weight is 444 g/mol. The van der Waals surface area contributed by atoms with Gasteiger partial charge in [-0.1, -0.05) is 91.0 Å². The van der Waals surface area contributed by atoms with Gasteiger partial charge in [-0.05, 0) is 29.5 Å². The van der Waals surface area contributed by atoms with Crippen molar-refractivity contribution in [1.29, 1.82) is 0 Å². The highest BCUT2D eigenvalue weighted by atomic mass is 16.4. The lowest BCUT2D eigenvalue weighted by Crippen LogP contribution is -2.63. The smallest absolute Gasteiger partial charge is 0.303 e. The number of nitrogens with one attached hydrogen (secondary N) is 1. The minimum Gasteiger partial charge on any atom is -0.481 e. The Labute approximate surface area is 196 Å². The highest BCUT2D eigenvalue weighted by Gasteiger charge is 2.35. The summed E-state index contributed by atoms with van der Waals surface area (Å²) >= 11 is 0. The molecule has 0 bridgehead atoms. The van der Waals surface area contributed by atoms with E-state index in [4.69, 9.17) is 10.8 Å². The second kappa shape index (κ2) is 11.2. The molecular weight excluding hydrogens is 410 g/mol. The number of carbonyl (C=O) groups is 1. The van der Waals surface area contributed by atoms with Gasteiger partial charge in [-0.3, -0.25) is 9.69 Å². The van der Waals surface area contributed by atoms with Gasteiger partial charge >= 0.3 is 5.97 Å². The monoisotopic (exact) mass is 443 g/mol. The van der Waals surface area contributed by atoms with Crippen molar-refractivity contribution < 1.29 is 9.90 Å². The topological polar surface area (TPSA) is 78.6 Å². The van der Waals surface area contributed by atoms with E-state index >= 15 is 0 Å². The van der Waals surface area contributed by atoms with Crippen LogP contribution in [0.5, 0.6) is 0 Å². The number of benzene rings is 3. The van der Waals surface area contributed by atoms with Crippen LogP contribution in [0.2, 0.25) is 0 Å². The van der Waals surface area contributed by atoms with Gasteiger partial charge in [0.25, 0.3) is 0 Å². The number of carboxylic acids is 1. The SMILES string of the molecule is NC1C(CC(c2ccccc2)c2ccccc2)NC(c2ccccc2)CN1CCCC(=O)O. The van der Waals surface area contributed by atoms with Gasteiger partial charge in [0.15, 0.2) is 0 Å². The third-order valence-corrected chi connectivity index (χ3v) is 6.60. The molecule has 3 aromatic carbocycles. The van der Waals surface area contributed by atoms with E-state index in [2.05, 4.69) is 83.0 Å². The van der Waals surface area contributed by atoms with Crippen LogP contribution >= 0.6 is 0 Å². The molecule has 1 aliphatic heterocycles. The van der Waals surface area contributed by atoms with Crippen molar-refractivity contribution in [3.8, 4) is 0 Å². The molecule has 5 heteroatoms. The van der Waals surface area contributed by atoms with E-state index in [-0.39, 0.29) is 30.6 Å². The van der Waals surface area contributed by atoms with E-state index in [1.54, 1.807) is 0 Å². The van der Waals surface area contributed by atoms with Crippen molar-refractivity contribution in [3.63, 3.8) is 0 Å². The van der Waals surface area contributed by atoms with Gasteiger partial charge in [-0.25, -0.2) is 0 Å². The molecule has 172 valence electrons. The highest BCUT2D eigenvalue weighted by molar-refractivity contribution is 5.66. The van der Waals surface area contributed by atoms with E-state index in [0.717, 1.165) is 13.0 Å². The summed E-state index contributed by atoms with van der Waals surface area (Å²) < 4.78 is 0. The summed E-state index contributed by atoms with van der Waals surface area (Å²) in [6.07, 6.45) is 1.42. The quantitative estimate of drug-likeness (QED) is 0.458. The molecule has 3 atom stereocenters. The standard InChI is InChI=1S/C28H33N3O2/c29-28-25(19-24(21-11-4-1-5-12-21)22-13-6-2-7-14-22)30-26(23-15-8-3-9-16-23)20-31(28)18-10-17-27(32)33/h1-9,11-16,24-26,28,30H,10,17-20,29H2,(H,32,33). The summed E-state index contributed by atoms with van der Waals surface area (Å²) in [5.74, 6) is -0.547. The van der Waals surface area contributed by atoms with E-state index in [9.17, 15) is 4.79 Å². The van der Waals surface area contributed by atoms with Crippen molar-refractivity contribution in [2.45, 2.75) is 43.4 Å². The van der Waals surface area contributed by atoms with Crippen LogP contribution in [0.1, 0.15) is 47.9 Å². The lowest BCUT2D eigenvalue weighted by Gasteiger charge is -2.45. The minimum absolute atomic E-state index is 0.0548. The Morgan fingerprint density at radius 1 is 0.939 bits per heavy atom. The van der Waals surface area contributed by atoms with Gasteiger partial charge in [0, 0.05) is 37.5 Å². The van der Waals surface area contributed by atoms with Crippen LogP contribution in [0, 0.1) is 0 Å². The van der Waals surface area contributed by atoms with Gasteiger partial charge in [-0.15, -0.1) is 0 Å². The largest absolute Gasteiger partial charge is 0.481 e. The molecule has 0 amide bonds. The fraction of sp³-hybridized carbons (Fsp3) is 0.321. The molecule has 1 heterocycles. The first-order valence-electron chi connectivity index (χ1n) is 11.7. The molecule has 0 aromatic heterocycles. The van der Waals surface area contributed by atoms with Gasteiger partial charge in [-0.2, -0.15) is 0 Å². The third kappa shape index (κ3) is 6.08. The van der Waals surface area contributed by atoms with Gasteiger partial charge < -0.3 is 16.2 Å². The lowest BCUT2D eigenvalue weighted by molar-refractivity contribution is -0.137. The molecule has 3 aromatic rings. The number of hydrogen-bond acceptors (Lipinski definition) is 4. The Morgan fingerprint density at radius 3 is 2.03 bits per heavy atom. The fourth-order valence-electron chi connectivity index (χ4n) is 4.88. The summed E-state index contributed by atoms with van der Waals surface area (Å²) in [5, 5.41) is 12.9. The summed E-state index contributed by atoms with van der Waals surface area (Å²) in [6.45, 7) is 1.44. The first kappa shape index (κ1) is 23.2. The molecule has 4 N–H and O–H groups in total. The van der Waals surface area contributed by atoms with Gasteiger partial charge in [0.2, 0.25) is 0 Å². The number of rotatable bonds is 9. The Morgan fingerprint density at radius 2 is 1.48 bits per heavy atom. The number of aliphatic carboxylic acids is 1. The zero-order valence-corrected chi connectivity index (χ0v) is 18.9. The minimum atomic E-state index is -0.761. The normalized spacial score (nSPS) is 21.2. The first-order chi connectivity index (χ1) is 16.1. The molecule has 0 aliphatic carbocycles. The lowest BCUT2D eigenvalue weighted by atomic mass is 9.84. The summed E-state index contributed by atoms with van der Waals surface area (Å²) in [7, 11) is 0. The summed E-state index contributed by atoms with van der Waals surface area (Å²) in [4.78, 5) is 13.3. The zero-order chi connectivity index (χ0) is 23.0. The van der Waals surface area contributed by atoms with Crippen LogP contribution < -0.4 is 11.1 Å². The molecule has 1 aliphatic rings. The molecular formula is C28H33N3O2. The van der Waals surface area contributed by atoms with Gasteiger partial charge in [0.1, 0.15) is 0 Å². The summed E-state index contributed by atoms with van der Waals surface area (Å²) in [6, 6.07) is 31.8. The molecule has 1 fully saturated rings. The van der Waals surface area contributed by atoms with E-state index in [1.807, 2.05) is 18.2 Å². The van der Waals surface area contributed by atoms with E-state index in [1.165, 1.54) is 16.7 Å². The number of nitrogens with zero attached hydrogens (tertiary/aromatic N) is 1. The van der Waals surface area contributed by atoms with Crippen LogP contribution in [-0.4, -0.2) is 41.3 Å². The van der Waals surface area contributed by atoms with Crippen molar-refractivity contribution >= 4 is 5.97 Å². The first-order valence-corrected chi connectivity index (χ1v) is 11.7. The molecule has 3 unspecified atom stereocenters. The number of hydrogen-bond donors (Lipinski definition) is 3. The van der Waals surface area contributed by atoms with Gasteiger partial charge in [0.05, 0.1) is 6.17 Å². The maximum atomic E-state index is 11.1. The Hall–Kier alpha value is -2.99. The predicted octanol–water partition coefficient (Wildman–Crippen LogP) is 4.37. The average Bonchev–Trinajstić information content (AvgIpc) is 2.85. The van der Waals surface area contributed by atoms with Crippen LogP contribution in [0.4, 0.5) is 0 Å². The van der Waals surface area contributed by atoms with E-state index < -0.39 is 5.97 Å². The second-order valence-corrected chi connectivity index (χ2v) is 8.83. The molecule has 0 saturated carbocycles. The molecule has 4 rings (SSSR count). The third-order valence-electron chi connectivity index (χ3n) is 6.60. The maximum absolute atomic E-state index is 11.1. The highest BCUT2D eigenvalue weighted by Crippen LogP contribution is 2.33. The number of carboxylic acid groups (broad SMARTS) is 1. The maximum Gasteiger partial charge on any atom is 0.303 e. The molecule has 1 saturated heterocycles. The molecule has 0 spiro atoms. The fourth-order valence-corrected chi connectivity index (χ4v) is 4.88. The van der Waals surface area contributed by atoms with Crippen LogP contribution in [0.3, 0.4) is 0 Å². The van der Waals surface area contributed by atoms with E-state index in [0.29, 0.717) is 13.0 Å². The molecule has 5 nitrogen and oxygen atoms in total. The zero-order valence-electron chi connectivity index (χ0n) is 18.9. The number of piperazine rings is 1. The predicted molar refractivity (Wildman–Crippen MR) is 132 cm³/mol. The Bertz CT molecular complexity index is 958. The molecule has 0 radical (unpaired) electrons. The Balaban J connectivity index is 1.60. The van der Waals surface area contributed by atoms with Crippen LogP contribution in [-0.2, 0) is 4.79 Å². The second-order valence-electron chi connectivity index (χ2n) is 8.83. The van der Waals surface area contributed by atoms with Crippen molar-refractivity contribution in [1.82, 2.24) is 10.2 Å². The van der Waals surface area contributed by atoms with Crippen LogP contribution in [0.25, 0.3) is 0 Å². The van der Waals surface area contributed by atoms with Crippen molar-refractivity contribution in [2.24, 2.45) is 5.73 Å². The number of nitrogens with two attached hydrogens (primary N) is 1. The van der Waals surface area contributed by atoms with Crippen molar-refractivity contribution in [2.75, 3.05) is 13.1 Å². The van der Waals surface area contributed by atoms with Crippen molar-refractivity contribution in [3.05, 3.63) is 108 Å². The molecule has 33 heavy (non-hydrogen) atoms.